The average molecular weight is 462 g/mol. The Hall–Kier alpha value is 0.160. The zero-order valence-corrected chi connectivity index (χ0v) is 18.7. The highest BCUT2D eigenvalue weighted by Crippen LogP contribution is 2.50. The van der Waals surface area contributed by atoms with Crippen molar-refractivity contribution in [1.82, 2.24) is 0 Å². The molecule has 0 aromatic rings. The van der Waals surface area contributed by atoms with Gasteiger partial charge in [0.1, 0.15) is 46.3 Å². The number of hydrogen-bond donors (Lipinski definition) is 2. The fraction of sp³-hybridized carbons (Fsp3) is 1.00. The number of phosphoric acid groups is 2. The lowest BCUT2D eigenvalue weighted by Gasteiger charge is -2.25. The van der Waals surface area contributed by atoms with Gasteiger partial charge >= 0.3 is 15.6 Å². The second kappa shape index (κ2) is 10.2. The van der Waals surface area contributed by atoms with Gasteiger partial charge in [0.2, 0.25) is 0 Å². The third-order valence-corrected chi connectivity index (χ3v) is 6.96. The molecule has 0 saturated carbocycles. The number of methoxy groups -OCH3 is 1. The lowest BCUT2D eigenvalue weighted by molar-refractivity contribution is -0.0335. The molecule has 168 valence electrons. The van der Waals surface area contributed by atoms with E-state index in [1.165, 1.54) is 15.0 Å². The van der Waals surface area contributed by atoms with Gasteiger partial charge in [0.25, 0.3) is 0 Å². The van der Waals surface area contributed by atoms with E-state index in [9.17, 15) is 23.3 Å². The van der Waals surface area contributed by atoms with Gasteiger partial charge in [-0.05, 0) is 0 Å². The SMILES string of the molecule is B[C@@H]1O[C@H](COP(=O)(O)OC2[C@@H](COC)O[C@@H](B)[C@H]2F)C(OP(=O)(O)OC)[C@@H]1C. The van der Waals surface area contributed by atoms with Crippen LogP contribution in [0.4, 0.5) is 4.39 Å². The van der Waals surface area contributed by atoms with Gasteiger partial charge in [-0.3, -0.25) is 18.1 Å². The summed E-state index contributed by atoms with van der Waals surface area (Å²) in [4.78, 5) is 19.6. The number of phosphoric ester groups is 2. The van der Waals surface area contributed by atoms with Crippen molar-refractivity contribution in [1.29, 1.82) is 0 Å². The van der Waals surface area contributed by atoms with E-state index in [0.29, 0.717) is 0 Å². The van der Waals surface area contributed by atoms with Crippen molar-refractivity contribution in [3.63, 3.8) is 0 Å². The highest BCUT2D eigenvalue weighted by Gasteiger charge is 2.49. The molecule has 0 spiro atoms. The van der Waals surface area contributed by atoms with Crippen LogP contribution in [0.1, 0.15) is 6.92 Å². The Labute approximate surface area is 170 Å². The zero-order valence-electron chi connectivity index (χ0n) is 16.9. The van der Waals surface area contributed by atoms with Gasteiger partial charge in [0.15, 0.2) is 0 Å². The van der Waals surface area contributed by atoms with Crippen LogP contribution < -0.4 is 0 Å². The molecule has 2 heterocycles. The molecule has 2 N–H and O–H groups in total. The molecule has 29 heavy (non-hydrogen) atoms. The first-order valence-corrected chi connectivity index (χ1v) is 12.1. The molecule has 0 radical (unpaired) electrons. The van der Waals surface area contributed by atoms with Crippen LogP contribution >= 0.6 is 15.6 Å². The maximum Gasteiger partial charge on any atom is 0.472 e. The smallest absolute Gasteiger partial charge is 0.382 e. The monoisotopic (exact) mass is 462 g/mol. The summed E-state index contributed by atoms with van der Waals surface area (Å²) < 4.78 is 73.8. The van der Waals surface area contributed by atoms with Crippen molar-refractivity contribution in [2.24, 2.45) is 5.92 Å². The summed E-state index contributed by atoms with van der Waals surface area (Å²) >= 11 is 0. The lowest BCUT2D eigenvalue weighted by atomic mass is 9.86. The summed E-state index contributed by atoms with van der Waals surface area (Å²) in [5.74, 6) is -0.330. The molecule has 0 amide bonds. The highest BCUT2D eigenvalue weighted by atomic mass is 31.2. The predicted molar refractivity (Wildman–Crippen MR) is 103 cm³/mol. The fourth-order valence-corrected chi connectivity index (χ4v) is 4.93. The Bertz CT molecular complexity index is 646. The zero-order chi connectivity index (χ0) is 22.0. The Morgan fingerprint density at radius 3 is 2.10 bits per heavy atom. The topological polar surface area (TPSA) is 139 Å². The van der Waals surface area contributed by atoms with Gasteiger partial charge < -0.3 is 24.0 Å². The largest absolute Gasteiger partial charge is 0.472 e. The van der Waals surface area contributed by atoms with Gasteiger partial charge in [0.05, 0.1) is 19.2 Å². The minimum atomic E-state index is -4.72. The Morgan fingerprint density at radius 2 is 1.52 bits per heavy atom. The van der Waals surface area contributed by atoms with E-state index in [4.69, 9.17) is 27.8 Å². The van der Waals surface area contributed by atoms with Crippen LogP contribution in [-0.4, -0.2) is 95.5 Å². The molecule has 2 fully saturated rings. The maximum atomic E-state index is 14.3. The second-order valence-corrected chi connectivity index (χ2v) is 9.99. The molecule has 0 bridgehead atoms. The molecule has 16 heteroatoms. The standard InChI is InChI=1S/C13H27B2FO11P2/c1-6-10(26-28(17,18)22-3)8(24-12(6)14)5-23-29(19,20)27-11-7(4-21-2)25-13(15)9(11)16/h6-13H,4-5,14-15H2,1-3H3,(H,17,18)(H,19,20)/t6-,7+,8+,9-,10?,11?,12+,13+/m0/s1. The van der Waals surface area contributed by atoms with E-state index in [2.05, 4.69) is 4.52 Å². The number of ether oxygens (including phenoxy) is 3. The molecule has 11 nitrogen and oxygen atoms in total. The summed E-state index contributed by atoms with van der Waals surface area (Å²) in [6.45, 7) is 1.20. The molecule has 0 aromatic carbocycles. The van der Waals surface area contributed by atoms with Crippen molar-refractivity contribution in [2.75, 3.05) is 27.4 Å². The molecule has 10 atom stereocenters. The van der Waals surface area contributed by atoms with Crippen molar-refractivity contribution >= 4 is 31.3 Å². The molecule has 2 aliphatic heterocycles. The molecular formula is C13H27B2FO11P2. The first kappa shape index (κ1) is 25.4. The quantitative estimate of drug-likeness (QED) is 0.304. The first-order valence-electron chi connectivity index (χ1n) is 9.07. The van der Waals surface area contributed by atoms with E-state index in [-0.39, 0.29) is 18.5 Å². The summed E-state index contributed by atoms with van der Waals surface area (Å²) in [7, 11) is -3.46. The lowest BCUT2D eigenvalue weighted by Crippen LogP contribution is -2.35. The molecule has 2 rings (SSSR count). The van der Waals surface area contributed by atoms with Crippen LogP contribution in [0.2, 0.25) is 0 Å². The molecule has 4 unspecified atom stereocenters. The van der Waals surface area contributed by atoms with E-state index in [1.54, 1.807) is 14.8 Å². The predicted octanol–water partition coefficient (Wildman–Crippen LogP) is -1.04. The van der Waals surface area contributed by atoms with Crippen LogP contribution in [0.5, 0.6) is 0 Å². The first-order chi connectivity index (χ1) is 13.4. The van der Waals surface area contributed by atoms with Gasteiger partial charge in [-0.15, -0.1) is 0 Å². The van der Waals surface area contributed by atoms with Crippen LogP contribution in [0.3, 0.4) is 0 Å². The average Bonchev–Trinajstić information content (AvgIpc) is 3.05. The Kier molecular flexibility index (Phi) is 8.93. The highest BCUT2D eigenvalue weighted by molar-refractivity contribution is 7.47. The molecular weight excluding hydrogens is 435 g/mol. The van der Waals surface area contributed by atoms with Gasteiger partial charge in [-0.2, -0.15) is 0 Å². The third kappa shape index (κ3) is 6.57. The fourth-order valence-electron chi connectivity index (χ4n) is 3.25. The number of alkyl halides is 1. The molecule has 0 aliphatic carbocycles. The number of rotatable bonds is 10. The normalized spacial score (nSPS) is 41.9. The molecule has 2 saturated heterocycles. The van der Waals surface area contributed by atoms with E-state index >= 15 is 0 Å². The van der Waals surface area contributed by atoms with Crippen LogP contribution in [0, 0.1) is 5.92 Å². The second-order valence-electron chi connectivity index (χ2n) is 7.07. The molecule has 2 aliphatic rings. The summed E-state index contributed by atoms with van der Waals surface area (Å²) in [6.07, 6.45) is -5.78. The van der Waals surface area contributed by atoms with Crippen LogP contribution in [-0.2, 0) is 41.4 Å². The third-order valence-electron chi connectivity index (χ3n) is 5.01. The van der Waals surface area contributed by atoms with Crippen LogP contribution in [0.25, 0.3) is 0 Å². The van der Waals surface area contributed by atoms with E-state index in [0.717, 1.165) is 7.11 Å². The number of hydrogen-bond acceptors (Lipinski definition) is 9. The van der Waals surface area contributed by atoms with Crippen molar-refractivity contribution in [2.45, 2.75) is 49.5 Å². The summed E-state index contributed by atoms with van der Waals surface area (Å²) in [6, 6.07) is -1.22. The van der Waals surface area contributed by atoms with Crippen molar-refractivity contribution < 1.29 is 55.6 Å². The van der Waals surface area contributed by atoms with Crippen LogP contribution in [0.15, 0.2) is 0 Å². The van der Waals surface area contributed by atoms with E-state index < -0.39 is 58.8 Å². The molecule has 0 aromatic heterocycles. The minimum Gasteiger partial charge on any atom is -0.382 e. The minimum absolute atomic E-state index is 0.0328. The Balaban J connectivity index is 2.00. The maximum absolute atomic E-state index is 14.3. The number of halogens is 1. The van der Waals surface area contributed by atoms with Gasteiger partial charge in [0, 0.05) is 26.1 Å². The van der Waals surface area contributed by atoms with Gasteiger partial charge in [-0.25, -0.2) is 13.5 Å². The van der Waals surface area contributed by atoms with Crippen molar-refractivity contribution in [3.05, 3.63) is 0 Å². The Morgan fingerprint density at radius 1 is 0.966 bits per heavy atom. The van der Waals surface area contributed by atoms with Crippen molar-refractivity contribution in [3.8, 4) is 0 Å². The summed E-state index contributed by atoms with van der Waals surface area (Å²) in [5, 5.41) is 0. The van der Waals surface area contributed by atoms with Gasteiger partial charge in [-0.1, -0.05) is 6.92 Å². The summed E-state index contributed by atoms with van der Waals surface area (Å²) in [5.41, 5.74) is 0. The van der Waals surface area contributed by atoms with E-state index in [1.807, 2.05) is 0 Å².